The number of non-ortho nitro benzene ring substituents is 1. The highest BCUT2D eigenvalue weighted by atomic mass is 79.9. The minimum absolute atomic E-state index is 0.133. The molecule has 0 saturated heterocycles. The van der Waals surface area contributed by atoms with Gasteiger partial charge in [-0.2, -0.15) is 0 Å². The molecule has 0 aliphatic carbocycles. The molecular weight excluding hydrogens is 316 g/mol. The highest BCUT2D eigenvalue weighted by molar-refractivity contribution is 9.10. The van der Waals surface area contributed by atoms with E-state index in [9.17, 15) is 14.9 Å². The highest BCUT2D eigenvalue weighted by Gasteiger charge is 2.15. The first-order valence-electron chi connectivity index (χ1n) is 5.32. The second kappa shape index (κ2) is 5.66. The first kappa shape index (κ1) is 13.3. The minimum Gasteiger partial charge on any atom is -0.467 e. The Bertz CT molecular complexity index is 610. The molecular formula is C12H9BrN2O4. The van der Waals surface area contributed by atoms with E-state index >= 15 is 0 Å². The van der Waals surface area contributed by atoms with E-state index in [1.54, 1.807) is 12.1 Å². The summed E-state index contributed by atoms with van der Waals surface area (Å²) in [7, 11) is 0. The van der Waals surface area contributed by atoms with Crippen molar-refractivity contribution in [2.24, 2.45) is 0 Å². The molecule has 0 bridgehead atoms. The van der Waals surface area contributed by atoms with E-state index in [2.05, 4.69) is 21.2 Å². The van der Waals surface area contributed by atoms with Gasteiger partial charge in [0.15, 0.2) is 0 Å². The van der Waals surface area contributed by atoms with Crippen LogP contribution < -0.4 is 5.32 Å². The number of benzene rings is 1. The molecule has 2 aromatic rings. The fourth-order valence-corrected chi connectivity index (χ4v) is 1.90. The van der Waals surface area contributed by atoms with Crippen molar-refractivity contribution in [3.63, 3.8) is 0 Å². The second-order valence-electron chi connectivity index (χ2n) is 3.68. The van der Waals surface area contributed by atoms with Crippen LogP contribution in [0.3, 0.4) is 0 Å². The molecule has 0 atom stereocenters. The lowest BCUT2D eigenvalue weighted by atomic mass is 10.2. The van der Waals surface area contributed by atoms with Gasteiger partial charge in [-0.1, -0.05) is 0 Å². The van der Waals surface area contributed by atoms with Gasteiger partial charge in [0.05, 0.1) is 23.3 Å². The predicted molar refractivity (Wildman–Crippen MR) is 70.7 cm³/mol. The average molecular weight is 325 g/mol. The first-order valence-corrected chi connectivity index (χ1v) is 6.12. The van der Waals surface area contributed by atoms with Crippen molar-refractivity contribution in [2.45, 2.75) is 6.54 Å². The minimum atomic E-state index is -0.546. The zero-order valence-corrected chi connectivity index (χ0v) is 11.2. The van der Waals surface area contributed by atoms with Crippen molar-refractivity contribution in [1.29, 1.82) is 0 Å². The van der Waals surface area contributed by atoms with Crippen molar-refractivity contribution < 1.29 is 14.1 Å². The first-order chi connectivity index (χ1) is 9.08. The van der Waals surface area contributed by atoms with Crippen LogP contribution in [0.1, 0.15) is 16.1 Å². The van der Waals surface area contributed by atoms with Crippen LogP contribution in [-0.2, 0) is 6.54 Å². The van der Waals surface area contributed by atoms with Gasteiger partial charge >= 0.3 is 0 Å². The average Bonchev–Trinajstić information content (AvgIpc) is 2.89. The number of amides is 1. The lowest BCUT2D eigenvalue weighted by Crippen LogP contribution is -2.23. The number of nitro groups is 1. The molecule has 0 unspecified atom stereocenters. The van der Waals surface area contributed by atoms with Gasteiger partial charge in [0, 0.05) is 16.6 Å². The molecule has 98 valence electrons. The summed E-state index contributed by atoms with van der Waals surface area (Å²) < 4.78 is 5.57. The van der Waals surface area contributed by atoms with E-state index in [0.29, 0.717) is 10.2 Å². The van der Waals surface area contributed by atoms with Gasteiger partial charge < -0.3 is 9.73 Å². The molecule has 7 heteroatoms. The summed E-state index contributed by atoms with van der Waals surface area (Å²) in [6, 6.07) is 7.46. The third-order valence-corrected chi connectivity index (χ3v) is 3.10. The molecule has 19 heavy (non-hydrogen) atoms. The summed E-state index contributed by atoms with van der Waals surface area (Å²) in [6.45, 7) is 0.223. The van der Waals surface area contributed by atoms with Crippen LogP contribution in [0.5, 0.6) is 0 Å². The van der Waals surface area contributed by atoms with Gasteiger partial charge in [0.2, 0.25) is 0 Å². The number of furan rings is 1. The number of hydrogen-bond acceptors (Lipinski definition) is 4. The van der Waals surface area contributed by atoms with Gasteiger partial charge in [-0.3, -0.25) is 14.9 Å². The number of rotatable bonds is 4. The number of nitrogens with one attached hydrogen (secondary N) is 1. The standard InChI is InChI=1S/C12H9BrN2O4/c13-11-4-3-8(15(17)18)6-10(11)12(16)14-7-9-2-1-5-19-9/h1-6H,7H2,(H,14,16). The maximum Gasteiger partial charge on any atom is 0.270 e. The summed E-state index contributed by atoms with van der Waals surface area (Å²) in [5.74, 6) is 0.196. The molecule has 0 aliphatic rings. The van der Waals surface area contributed by atoms with Crippen molar-refractivity contribution in [1.82, 2.24) is 5.32 Å². The number of carbonyl (C=O) groups is 1. The van der Waals surface area contributed by atoms with Crippen molar-refractivity contribution >= 4 is 27.5 Å². The zero-order valence-electron chi connectivity index (χ0n) is 9.63. The van der Waals surface area contributed by atoms with Gasteiger partial charge in [-0.15, -0.1) is 0 Å². The SMILES string of the molecule is O=C(NCc1ccco1)c1cc([N+](=O)[O-])ccc1Br. The van der Waals surface area contributed by atoms with E-state index in [-0.39, 0.29) is 17.8 Å². The van der Waals surface area contributed by atoms with Crippen LogP contribution in [-0.4, -0.2) is 10.8 Å². The predicted octanol–water partition coefficient (Wildman–Crippen LogP) is 2.88. The van der Waals surface area contributed by atoms with Crippen LogP contribution in [0.4, 0.5) is 5.69 Å². The van der Waals surface area contributed by atoms with E-state index in [0.717, 1.165) is 0 Å². The van der Waals surface area contributed by atoms with Crippen LogP contribution in [0.25, 0.3) is 0 Å². The highest BCUT2D eigenvalue weighted by Crippen LogP contribution is 2.22. The monoisotopic (exact) mass is 324 g/mol. The number of nitrogens with zero attached hydrogens (tertiary/aromatic N) is 1. The summed E-state index contributed by atoms with van der Waals surface area (Å²) in [5, 5.41) is 13.3. The van der Waals surface area contributed by atoms with Crippen LogP contribution in [0.2, 0.25) is 0 Å². The topological polar surface area (TPSA) is 85.4 Å². The van der Waals surface area contributed by atoms with Crippen molar-refractivity contribution in [3.05, 3.63) is 62.5 Å². The summed E-state index contributed by atoms with van der Waals surface area (Å²) in [4.78, 5) is 22.1. The lowest BCUT2D eigenvalue weighted by molar-refractivity contribution is -0.384. The number of halogens is 1. The third-order valence-electron chi connectivity index (χ3n) is 2.41. The Labute approximate surface area is 116 Å². The Hall–Kier alpha value is -2.15. The van der Waals surface area contributed by atoms with Gasteiger partial charge in [-0.25, -0.2) is 0 Å². The Morgan fingerprint density at radius 2 is 2.21 bits per heavy atom. The molecule has 1 aromatic carbocycles. The summed E-state index contributed by atoms with van der Waals surface area (Å²) >= 11 is 3.19. The lowest BCUT2D eigenvalue weighted by Gasteiger charge is -2.05. The summed E-state index contributed by atoms with van der Waals surface area (Å²) in [5.41, 5.74) is 0.0760. The molecule has 1 N–H and O–H groups in total. The molecule has 0 fully saturated rings. The Morgan fingerprint density at radius 3 is 2.84 bits per heavy atom. The van der Waals surface area contributed by atoms with E-state index in [1.165, 1.54) is 24.5 Å². The van der Waals surface area contributed by atoms with Gasteiger partial charge in [0.1, 0.15) is 5.76 Å². The summed E-state index contributed by atoms with van der Waals surface area (Å²) in [6.07, 6.45) is 1.50. The number of carbonyl (C=O) groups excluding carboxylic acids is 1. The molecule has 0 saturated carbocycles. The fourth-order valence-electron chi connectivity index (χ4n) is 1.48. The normalized spacial score (nSPS) is 10.2. The second-order valence-corrected chi connectivity index (χ2v) is 4.54. The molecule has 0 aliphatic heterocycles. The Morgan fingerprint density at radius 1 is 1.42 bits per heavy atom. The molecule has 2 rings (SSSR count). The largest absolute Gasteiger partial charge is 0.467 e. The molecule has 0 radical (unpaired) electrons. The van der Waals surface area contributed by atoms with Gasteiger partial charge in [0.25, 0.3) is 11.6 Å². The van der Waals surface area contributed by atoms with Crippen molar-refractivity contribution in [2.75, 3.05) is 0 Å². The van der Waals surface area contributed by atoms with Crippen molar-refractivity contribution in [3.8, 4) is 0 Å². The van der Waals surface area contributed by atoms with Crippen LogP contribution >= 0.6 is 15.9 Å². The molecule has 1 heterocycles. The number of hydrogen-bond donors (Lipinski definition) is 1. The van der Waals surface area contributed by atoms with E-state index in [1.807, 2.05) is 0 Å². The Balaban J connectivity index is 2.14. The maximum atomic E-state index is 11.9. The molecule has 6 nitrogen and oxygen atoms in total. The zero-order chi connectivity index (χ0) is 13.8. The Kier molecular flexibility index (Phi) is 3.96. The molecule has 0 spiro atoms. The third kappa shape index (κ3) is 3.19. The number of nitro benzene ring substituents is 1. The molecule has 1 amide bonds. The fraction of sp³-hybridized carbons (Fsp3) is 0.0833. The van der Waals surface area contributed by atoms with Gasteiger partial charge in [-0.05, 0) is 34.1 Å². The molecule has 1 aromatic heterocycles. The maximum absolute atomic E-state index is 11.9. The van der Waals surface area contributed by atoms with E-state index < -0.39 is 10.8 Å². The van der Waals surface area contributed by atoms with Crippen LogP contribution in [0.15, 0.2) is 45.5 Å². The smallest absolute Gasteiger partial charge is 0.270 e. The van der Waals surface area contributed by atoms with Crippen LogP contribution in [0, 0.1) is 10.1 Å². The van der Waals surface area contributed by atoms with E-state index in [4.69, 9.17) is 4.42 Å². The quantitative estimate of drug-likeness (QED) is 0.692.